The molecule has 16 heavy (non-hydrogen) atoms. The Morgan fingerprint density at radius 3 is 2.44 bits per heavy atom. The Labute approximate surface area is 113 Å². The van der Waals surface area contributed by atoms with Gasteiger partial charge in [0.2, 0.25) is 0 Å². The average molecular weight is 329 g/mol. The fraction of sp³-hybridized carbons (Fsp3) is 0.0769. The van der Waals surface area contributed by atoms with E-state index in [0.717, 1.165) is 5.75 Å². The first kappa shape index (κ1) is 13.4. The molecule has 0 spiro atoms. The van der Waals surface area contributed by atoms with Crippen molar-refractivity contribution in [3.8, 4) is 5.75 Å². The Kier molecular flexibility index (Phi) is 7.12. The van der Waals surface area contributed by atoms with Gasteiger partial charge in [-0.15, -0.1) is 12.1 Å². The van der Waals surface area contributed by atoms with E-state index in [1.54, 1.807) is 0 Å². The van der Waals surface area contributed by atoms with Crippen LogP contribution in [-0.4, -0.2) is 0 Å². The van der Waals surface area contributed by atoms with Crippen LogP contribution in [0.4, 0.5) is 0 Å². The molecule has 0 atom stereocenters. The second kappa shape index (κ2) is 8.49. The molecule has 0 aliphatic rings. The molecule has 2 rings (SSSR count). The number of hydrogen-bond acceptors (Lipinski definition) is 1. The zero-order chi connectivity index (χ0) is 11.6. The van der Waals surface area contributed by atoms with Crippen molar-refractivity contribution in [2.45, 2.75) is 6.61 Å². The van der Waals surface area contributed by atoms with Crippen LogP contribution in [0.15, 0.2) is 54.6 Å². The van der Waals surface area contributed by atoms with Crippen LogP contribution in [0.5, 0.6) is 5.75 Å². The smallest absolute Gasteiger partial charge is 0.0968 e. The summed E-state index contributed by atoms with van der Waals surface area (Å²) in [5.41, 5.74) is 1.18. The molecule has 0 aliphatic heterocycles. The molecular formula is C13H11BrOZn. The van der Waals surface area contributed by atoms with Crippen LogP contribution in [0.3, 0.4) is 0 Å². The molecule has 1 nitrogen and oxygen atoms in total. The van der Waals surface area contributed by atoms with Crippen LogP contribution in [0.25, 0.3) is 0 Å². The number of ether oxygens (including phenoxy) is 1. The molecule has 0 saturated carbocycles. The Balaban J connectivity index is 0.000000606. The predicted molar refractivity (Wildman–Crippen MR) is 65.0 cm³/mol. The molecule has 0 aromatic heterocycles. The summed E-state index contributed by atoms with van der Waals surface area (Å²) in [6.07, 6.45) is 0. The van der Waals surface area contributed by atoms with E-state index in [9.17, 15) is 0 Å². The van der Waals surface area contributed by atoms with Gasteiger partial charge in [0.15, 0.2) is 0 Å². The predicted octanol–water partition coefficient (Wildman–Crippen LogP) is 3.91. The molecule has 0 radical (unpaired) electrons. The molecule has 0 unspecified atom stereocenters. The molecule has 2 aromatic rings. The first-order valence-electron chi connectivity index (χ1n) is 4.85. The molecule has 0 aliphatic carbocycles. The van der Waals surface area contributed by atoms with Gasteiger partial charge in [0.1, 0.15) is 0 Å². The summed E-state index contributed by atoms with van der Waals surface area (Å²) >= 11 is 4.25. The number of hydrogen-bond donors (Lipinski definition) is 0. The van der Waals surface area contributed by atoms with Crippen molar-refractivity contribution in [2.75, 3.05) is 0 Å². The number of halogens is 1. The Hall–Kier alpha value is -0.657. The molecule has 3 heteroatoms. The van der Waals surface area contributed by atoms with Crippen LogP contribution in [0, 0.1) is 6.07 Å². The van der Waals surface area contributed by atoms with Gasteiger partial charge in [0.25, 0.3) is 0 Å². The van der Waals surface area contributed by atoms with Gasteiger partial charge in [-0.3, -0.25) is 0 Å². The zero-order valence-electron chi connectivity index (χ0n) is 8.90. The maximum absolute atomic E-state index is 5.56. The van der Waals surface area contributed by atoms with E-state index in [4.69, 9.17) is 4.74 Å². The van der Waals surface area contributed by atoms with Gasteiger partial charge in [-0.05, 0) is 5.56 Å². The maximum atomic E-state index is 5.56. The van der Waals surface area contributed by atoms with Gasteiger partial charge >= 0.3 is 30.0 Å². The second-order valence-corrected chi connectivity index (χ2v) is 3.01. The third-order valence-corrected chi connectivity index (χ3v) is 1.93. The van der Waals surface area contributed by atoms with Gasteiger partial charge in [-0.25, -0.2) is 0 Å². The monoisotopic (exact) mass is 326 g/mol. The minimum atomic E-state index is 0.610. The fourth-order valence-corrected chi connectivity index (χ4v) is 1.21. The van der Waals surface area contributed by atoms with Gasteiger partial charge in [-0.2, -0.15) is 18.2 Å². The molecular weight excluding hydrogens is 317 g/mol. The van der Waals surface area contributed by atoms with E-state index in [1.807, 2.05) is 54.6 Å². The van der Waals surface area contributed by atoms with Crippen molar-refractivity contribution < 1.29 is 21.1 Å². The summed E-state index contributed by atoms with van der Waals surface area (Å²) in [4.78, 5) is 0. The summed E-state index contributed by atoms with van der Waals surface area (Å²) in [5, 5.41) is 0. The molecule has 0 amide bonds. The molecule has 2 aromatic carbocycles. The van der Waals surface area contributed by atoms with Gasteiger partial charge in [-0.1, -0.05) is 30.3 Å². The first-order valence-corrected chi connectivity index (χ1v) is 11.8. The minimum absolute atomic E-state index is 0.610. The van der Waals surface area contributed by atoms with Crippen LogP contribution in [0.1, 0.15) is 5.56 Å². The summed E-state index contributed by atoms with van der Waals surface area (Å²) in [6, 6.07) is 20.6. The molecule has 0 heterocycles. The Morgan fingerprint density at radius 2 is 1.81 bits per heavy atom. The van der Waals surface area contributed by atoms with Gasteiger partial charge in [0, 0.05) is 5.75 Å². The summed E-state index contributed by atoms with van der Waals surface area (Å²) in [6.45, 7) is 0.610. The Morgan fingerprint density at radius 1 is 1.06 bits per heavy atom. The standard InChI is InChI=1S/C13H11O.BrH.Zn/c1-3-7-12(8-4-1)11-14-13-9-5-2-6-10-13;;/h1-5,7-10H,11H2;1H;/q-1;;+2/p-1. The average Bonchev–Trinajstić information content (AvgIpc) is 2.41. The fourth-order valence-electron chi connectivity index (χ4n) is 1.21. The molecule has 0 fully saturated rings. The third-order valence-electron chi connectivity index (χ3n) is 1.93. The Bertz CT molecular complexity index is 338. The van der Waals surface area contributed by atoms with Crippen LogP contribution >= 0.6 is 13.6 Å². The summed E-state index contributed by atoms with van der Waals surface area (Å²) < 4.78 is 5.56. The van der Waals surface area contributed by atoms with E-state index in [2.05, 4.69) is 19.7 Å². The van der Waals surface area contributed by atoms with Gasteiger partial charge < -0.3 is 4.74 Å². The minimum Gasteiger partial charge on any atom is -0.547 e. The second-order valence-electron chi connectivity index (χ2n) is 3.01. The van der Waals surface area contributed by atoms with Crippen LogP contribution in [-0.2, 0) is 22.9 Å². The molecule has 0 bridgehead atoms. The topological polar surface area (TPSA) is 9.23 Å². The van der Waals surface area contributed by atoms with Crippen molar-refractivity contribution in [2.24, 2.45) is 0 Å². The van der Waals surface area contributed by atoms with E-state index in [1.165, 1.54) is 21.9 Å². The van der Waals surface area contributed by atoms with Crippen molar-refractivity contribution in [3.63, 3.8) is 0 Å². The van der Waals surface area contributed by atoms with Crippen LogP contribution in [0.2, 0.25) is 0 Å². The summed E-state index contributed by atoms with van der Waals surface area (Å²) in [5.74, 6) is 0.858. The zero-order valence-corrected chi connectivity index (χ0v) is 13.4. The largest absolute Gasteiger partial charge is 0.547 e. The SMILES string of the molecule is [Zn+][Br].[c-]1cccc(OCc2ccccc2)c1. The van der Waals surface area contributed by atoms with Crippen molar-refractivity contribution >= 4 is 13.6 Å². The van der Waals surface area contributed by atoms with E-state index in [-0.39, 0.29) is 0 Å². The van der Waals surface area contributed by atoms with Crippen molar-refractivity contribution in [1.29, 1.82) is 0 Å². The van der Waals surface area contributed by atoms with Crippen LogP contribution < -0.4 is 4.74 Å². The molecule has 0 saturated heterocycles. The molecule has 0 N–H and O–H groups in total. The molecule has 78 valence electrons. The van der Waals surface area contributed by atoms with Crippen molar-refractivity contribution in [3.05, 3.63) is 66.2 Å². The summed E-state index contributed by atoms with van der Waals surface area (Å²) in [7, 11) is 0. The van der Waals surface area contributed by atoms with E-state index in [0.29, 0.717) is 6.61 Å². The van der Waals surface area contributed by atoms with Gasteiger partial charge in [0.05, 0.1) is 6.61 Å². The van der Waals surface area contributed by atoms with E-state index >= 15 is 0 Å². The normalized spacial score (nSPS) is 8.94. The quantitative estimate of drug-likeness (QED) is 0.613. The van der Waals surface area contributed by atoms with Crippen molar-refractivity contribution in [1.82, 2.24) is 0 Å². The first-order chi connectivity index (χ1) is 7.95. The third kappa shape index (κ3) is 4.91. The number of benzene rings is 2. The number of rotatable bonds is 3. The maximum Gasteiger partial charge on any atom is 0.0968 e. The van der Waals surface area contributed by atoms with E-state index < -0.39 is 0 Å².